The molecule has 2 rings (SSSR count). The molecule has 0 bridgehead atoms. The monoisotopic (exact) mass is 294 g/mol. The highest BCUT2D eigenvalue weighted by molar-refractivity contribution is 6.27. The molecule has 1 amide bonds. The maximum atomic E-state index is 11.8. The number of alkyl halides is 1. The van der Waals surface area contributed by atoms with Crippen molar-refractivity contribution < 1.29 is 9.21 Å². The van der Waals surface area contributed by atoms with Crippen LogP contribution in [0.4, 0.5) is 0 Å². The van der Waals surface area contributed by atoms with Gasteiger partial charge in [0.2, 0.25) is 5.91 Å². The zero-order valence-corrected chi connectivity index (χ0v) is 12.4. The molecule has 0 N–H and O–H groups in total. The first kappa shape index (κ1) is 14.9. The Morgan fingerprint density at radius 2 is 2.45 bits per heavy atom. The lowest BCUT2D eigenvalue weighted by Gasteiger charge is -2.19. The van der Waals surface area contributed by atoms with Crippen LogP contribution in [0.5, 0.6) is 0 Å². The van der Waals surface area contributed by atoms with Gasteiger partial charge in [0.05, 0.1) is 12.7 Å². The van der Waals surface area contributed by atoms with Crippen LogP contribution < -0.4 is 0 Å². The highest BCUT2D eigenvalue weighted by Gasteiger charge is 2.28. The summed E-state index contributed by atoms with van der Waals surface area (Å²) in [7, 11) is 0. The molecule has 1 aromatic heterocycles. The zero-order chi connectivity index (χ0) is 14.4. The highest BCUT2D eigenvalue weighted by atomic mass is 35.5. The minimum absolute atomic E-state index is 0.0169. The van der Waals surface area contributed by atoms with Crippen LogP contribution in [-0.2, 0) is 11.3 Å². The Balaban J connectivity index is 1.94. The molecular weight excluding hydrogens is 276 g/mol. The van der Waals surface area contributed by atoms with Crippen molar-refractivity contribution in [3.8, 4) is 0 Å². The number of nitrogens with zero attached hydrogens (tertiary/aromatic N) is 2. The third-order valence-corrected chi connectivity index (χ3v) is 3.37. The van der Waals surface area contributed by atoms with Crippen molar-refractivity contribution in [2.75, 3.05) is 12.4 Å². The summed E-state index contributed by atoms with van der Waals surface area (Å²) in [4.78, 5) is 17.8. The summed E-state index contributed by atoms with van der Waals surface area (Å²) in [5.41, 5.74) is 2.99. The van der Waals surface area contributed by atoms with Crippen molar-refractivity contribution in [3.05, 3.63) is 35.7 Å². The number of carbonyl (C=O) groups is 1. The fourth-order valence-electron chi connectivity index (χ4n) is 1.90. The average molecular weight is 295 g/mol. The topological polar surface area (TPSA) is 46.3 Å². The Bertz CT molecular complexity index is 514. The highest BCUT2D eigenvalue weighted by Crippen LogP contribution is 2.39. The van der Waals surface area contributed by atoms with E-state index in [1.165, 1.54) is 0 Å². The Morgan fingerprint density at radius 1 is 1.65 bits per heavy atom. The molecule has 20 heavy (non-hydrogen) atoms. The van der Waals surface area contributed by atoms with E-state index in [0.29, 0.717) is 19.0 Å². The summed E-state index contributed by atoms with van der Waals surface area (Å²) in [6, 6.07) is 0. The van der Waals surface area contributed by atoms with E-state index in [0.717, 1.165) is 30.9 Å². The van der Waals surface area contributed by atoms with Gasteiger partial charge in [-0.3, -0.25) is 4.79 Å². The van der Waals surface area contributed by atoms with Crippen LogP contribution in [-0.4, -0.2) is 28.2 Å². The largest absolute Gasteiger partial charge is 0.444 e. The third-order valence-electron chi connectivity index (χ3n) is 3.14. The predicted molar refractivity (Wildman–Crippen MR) is 77.6 cm³/mol. The Labute approximate surface area is 124 Å². The van der Waals surface area contributed by atoms with Crippen LogP contribution in [0.1, 0.15) is 43.8 Å². The van der Waals surface area contributed by atoms with Crippen molar-refractivity contribution in [2.24, 2.45) is 0 Å². The van der Waals surface area contributed by atoms with E-state index >= 15 is 0 Å². The van der Waals surface area contributed by atoms with Crippen molar-refractivity contribution in [1.82, 2.24) is 9.88 Å². The molecule has 0 atom stereocenters. The van der Waals surface area contributed by atoms with Crippen molar-refractivity contribution >= 4 is 17.5 Å². The van der Waals surface area contributed by atoms with E-state index in [1.54, 1.807) is 11.1 Å². The van der Waals surface area contributed by atoms with Crippen LogP contribution in [0.2, 0.25) is 0 Å². The van der Waals surface area contributed by atoms with E-state index in [-0.39, 0.29) is 11.8 Å². The van der Waals surface area contributed by atoms with Crippen molar-refractivity contribution in [3.63, 3.8) is 0 Å². The second kappa shape index (κ2) is 7.32. The molecule has 1 aromatic rings. The molecule has 0 unspecified atom stereocenters. The third kappa shape index (κ3) is 4.26. The van der Waals surface area contributed by atoms with Crippen LogP contribution in [0.25, 0.3) is 0 Å². The maximum absolute atomic E-state index is 11.8. The quantitative estimate of drug-likeness (QED) is 0.573. The molecular formula is C15H19ClN2O2. The summed E-state index contributed by atoms with van der Waals surface area (Å²) < 4.78 is 5.68. The molecule has 108 valence electrons. The lowest BCUT2D eigenvalue weighted by molar-refractivity contribution is -0.129. The van der Waals surface area contributed by atoms with Gasteiger partial charge in [-0.05, 0) is 38.3 Å². The molecule has 0 spiro atoms. The number of carbonyl (C=O) groups excluding carboxylic acids is 1. The molecule has 0 aliphatic heterocycles. The van der Waals surface area contributed by atoms with Crippen LogP contribution >= 0.6 is 11.6 Å². The Morgan fingerprint density at radius 3 is 3.10 bits per heavy atom. The predicted octanol–water partition coefficient (Wildman–Crippen LogP) is 3.24. The minimum Gasteiger partial charge on any atom is -0.444 e. The normalized spacial score (nSPS) is 13.7. The van der Waals surface area contributed by atoms with Gasteiger partial charge >= 0.3 is 0 Å². The lowest BCUT2D eigenvalue weighted by Crippen LogP contribution is -2.32. The van der Waals surface area contributed by atoms with E-state index in [4.69, 9.17) is 16.0 Å². The number of hydrogen-bond acceptors (Lipinski definition) is 3. The minimum atomic E-state index is -0.0927. The number of hydrogen-bond donors (Lipinski definition) is 0. The summed E-state index contributed by atoms with van der Waals surface area (Å²) in [6.07, 6.45) is 8.51. The molecule has 5 heteroatoms. The molecule has 1 fully saturated rings. The standard InChI is InChI=1S/C15H19ClN2O2/c1-2-3-4-5-8-18(14(19)9-16)11-13-10-17-15(20-13)12-6-7-12/h2,4,10,12H,5-9,11H2,1H3. The maximum Gasteiger partial charge on any atom is 0.237 e. The molecule has 0 aromatic carbocycles. The summed E-state index contributed by atoms with van der Waals surface area (Å²) in [5, 5.41) is 0. The van der Waals surface area contributed by atoms with Gasteiger partial charge in [-0.15, -0.1) is 17.3 Å². The van der Waals surface area contributed by atoms with Gasteiger partial charge in [0.25, 0.3) is 0 Å². The number of rotatable bonds is 7. The smallest absolute Gasteiger partial charge is 0.237 e. The molecule has 1 heterocycles. The second-order valence-electron chi connectivity index (χ2n) is 4.84. The van der Waals surface area contributed by atoms with Gasteiger partial charge < -0.3 is 9.32 Å². The molecule has 0 radical (unpaired) electrons. The fraction of sp³-hybridized carbons (Fsp3) is 0.533. The fourth-order valence-corrected chi connectivity index (χ4v) is 2.07. The van der Waals surface area contributed by atoms with E-state index in [1.807, 2.05) is 19.1 Å². The van der Waals surface area contributed by atoms with Gasteiger partial charge in [0.1, 0.15) is 11.6 Å². The van der Waals surface area contributed by atoms with Crippen molar-refractivity contribution in [2.45, 2.75) is 38.6 Å². The Hall–Kier alpha value is -1.51. The number of oxazole rings is 1. The molecule has 0 saturated heterocycles. The van der Waals surface area contributed by atoms with Crippen LogP contribution in [0.15, 0.2) is 28.5 Å². The second-order valence-corrected chi connectivity index (χ2v) is 5.10. The first-order valence-electron chi connectivity index (χ1n) is 6.88. The van der Waals surface area contributed by atoms with E-state index in [9.17, 15) is 4.79 Å². The van der Waals surface area contributed by atoms with E-state index < -0.39 is 0 Å². The molecule has 4 nitrogen and oxygen atoms in total. The van der Waals surface area contributed by atoms with Crippen LogP contribution in [0, 0.1) is 0 Å². The number of halogens is 1. The van der Waals surface area contributed by atoms with E-state index in [2.05, 4.69) is 10.7 Å². The van der Waals surface area contributed by atoms with Crippen molar-refractivity contribution in [1.29, 1.82) is 0 Å². The SMILES string of the molecule is CC=C=CCCN(Cc1cnc(C2CC2)o1)C(=O)CCl. The van der Waals surface area contributed by atoms with Crippen LogP contribution in [0.3, 0.4) is 0 Å². The summed E-state index contributed by atoms with van der Waals surface area (Å²) in [6.45, 7) is 2.94. The first-order chi connectivity index (χ1) is 9.74. The average Bonchev–Trinajstić information content (AvgIpc) is 3.21. The zero-order valence-electron chi connectivity index (χ0n) is 11.6. The summed E-state index contributed by atoms with van der Waals surface area (Å²) >= 11 is 5.65. The van der Waals surface area contributed by atoms with Gasteiger partial charge in [0.15, 0.2) is 5.89 Å². The molecule has 1 aliphatic rings. The van der Waals surface area contributed by atoms with Gasteiger partial charge in [-0.2, -0.15) is 0 Å². The molecule has 1 saturated carbocycles. The first-order valence-corrected chi connectivity index (χ1v) is 7.42. The van der Waals surface area contributed by atoms with Gasteiger partial charge in [-0.1, -0.05) is 0 Å². The number of aromatic nitrogens is 1. The molecule has 1 aliphatic carbocycles. The van der Waals surface area contributed by atoms with Gasteiger partial charge in [-0.25, -0.2) is 4.98 Å². The summed E-state index contributed by atoms with van der Waals surface area (Å²) in [5.74, 6) is 1.90. The number of amides is 1. The van der Waals surface area contributed by atoms with Gasteiger partial charge in [0, 0.05) is 12.5 Å². The lowest BCUT2D eigenvalue weighted by atomic mass is 10.3. The Kier molecular flexibility index (Phi) is 5.45.